The standard InChI is InChI=1S/C30H20NO.C18H14N.Ir/c1-3-8-21(9-4-1)18-22-16-17-31-28(19-22)26-13-7-12-25-27-20-24(23-10-5-2-6-11-23)14-15-29(27)32-30(25)26;1-3-7-15(8-4-1)13-16-11-12-19-18(14-16)17-9-5-2-6-10-17;/h1-12,14-17,19-20H,18H2;1-9,11-12,14H,13H2;/q2*-1;/i18D2;13D2;. The summed E-state index contributed by atoms with van der Waals surface area (Å²) in [6, 6.07) is 59.7. The van der Waals surface area contributed by atoms with Crippen molar-refractivity contribution in [1.82, 2.24) is 9.97 Å². The maximum atomic E-state index is 8.73. The van der Waals surface area contributed by atoms with Gasteiger partial charge in [0.05, 0.1) is 5.58 Å². The quantitative estimate of drug-likeness (QED) is 0.150. The van der Waals surface area contributed by atoms with Crippen molar-refractivity contribution in [2.45, 2.75) is 12.7 Å². The molecule has 253 valence electrons. The minimum Gasteiger partial charge on any atom is -0.501 e. The molecule has 52 heavy (non-hydrogen) atoms. The van der Waals surface area contributed by atoms with Gasteiger partial charge in [0, 0.05) is 43.4 Å². The molecule has 3 aromatic heterocycles. The van der Waals surface area contributed by atoms with Crippen molar-refractivity contribution in [2.24, 2.45) is 0 Å². The van der Waals surface area contributed by atoms with E-state index in [2.05, 4.69) is 46.4 Å². The number of fused-ring (bicyclic) bond motifs is 3. The fourth-order valence-corrected chi connectivity index (χ4v) is 5.97. The van der Waals surface area contributed by atoms with E-state index in [0.29, 0.717) is 33.5 Å². The second-order valence-electron chi connectivity index (χ2n) is 11.9. The predicted octanol–water partition coefficient (Wildman–Crippen LogP) is 11.8. The number of rotatable bonds is 7. The molecule has 0 spiro atoms. The van der Waals surface area contributed by atoms with Gasteiger partial charge in [-0.3, -0.25) is 0 Å². The van der Waals surface area contributed by atoms with Gasteiger partial charge in [0.2, 0.25) is 0 Å². The van der Waals surface area contributed by atoms with Crippen LogP contribution >= 0.6 is 0 Å². The molecule has 0 aliphatic rings. The molecule has 0 bridgehead atoms. The Labute approximate surface area is 323 Å². The molecule has 9 rings (SSSR count). The van der Waals surface area contributed by atoms with E-state index in [1.165, 1.54) is 0 Å². The SMILES string of the molecule is [2H]C([2H])(c1ccccc1)c1ccnc(-c2[c-]ccc3c2oc2ccc(-c4ccccc4)cc23)c1.[2H]C([2H])(c1ccccc1)c1ccnc(-c2[c-]cccc2)c1.[Ir]. The molecular weight excluding hydrogens is 813 g/mol. The maximum Gasteiger partial charge on any atom is 0.120 e. The Morgan fingerprint density at radius 2 is 1.12 bits per heavy atom. The molecule has 0 aliphatic carbocycles. The van der Waals surface area contributed by atoms with Crippen LogP contribution in [0.5, 0.6) is 0 Å². The Hall–Kier alpha value is -5.93. The minimum absolute atomic E-state index is 0. The maximum absolute atomic E-state index is 8.73. The fraction of sp³-hybridized carbons (Fsp3) is 0.0417. The summed E-state index contributed by atoms with van der Waals surface area (Å²) in [6.45, 7) is 0. The third-order valence-corrected chi connectivity index (χ3v) is 8.42. The van der Waals surface area contributed by atoms with Crippen LogP contribution in [0.1, 0.15) is 27.7 Å². The van der Waals surface area contributed by atoms with Gasteiger partial charge in [0.25, 0.3) is 0 Å². The van der Waals surface area contributed by atoms with Crippen molar-refractivity contribution < 1.29 is 30.0 Å². The first-order valence-corrected chi connectivity index (χ1v) is 16.7. The van der Waals surface area contributed by atoms with Crippen LogP contribution < -0.4 is 0 Å². The smallest absolute Gasteiger partial charge is 0.120 e. The van der Waals surface area contributed by atoms with Crippen LogP contribution in [0.15, 0.2) is 187 Å². The molecule has 0 saturated heterocycles. The van der Waals surface area contributed by atoms with Crippen LogP contribution in [0.25, 0.3) is 55.6 Å². The number of nitrogens with zero attached hydrogens (tertiary/aromatic N) is 2. The largest absolute Gasteiger partial charge is 0.501 e. The topological polar surface area (TPSA) is 38.9 Å². The van der Waals surface area contributed by atoms with Crippen LogP contribution in [0, 0.1) is 12.1 Å². The molecule has 3 heterocycles. The zero-order valence-electron chi connectivity index (χ0n) is 32.0. The fourth-order valence-electron chi connectivity index (χ4n) is 5.97. The van der Waals surface area contributed by atoms with Crippen LogP contribution in [-0.4, -0.2) is 9.97 Å². The van der Waals surface area contributed by atoms with Crippen LogP contribution in [0.4, 0.5) is 0 Å². The minimum atomic E-state index is -1.65. The molecule has 1 radical (unpaired) electrons. The zero-order chi connectivity index (χ0) is 37.8. The first-order valence-electron chi connectivity index (χ1n) is 18.7. The van der Waals surface area contributed by atoms with E-state index >= 15 is 0 Å². The molecule has 0 fully saturated rings. The summed E-state index contributed by atoms with van der Waals surface area (Å²) in [7, 11) is 0. The van der Waals surface area contributed by atoms with Crippen molar-refractivity contribution in [1.29, 1.82) is 0 Å². The third kappa shape index (κ3) is 8.00. The molecule has 0 unspecified atom stereocenters. The van der Waals surface area contributed by atoms with Crippen LogP contribution in [0.2, 0.25) is 0 Å². The van der Waals surface area contributed by atoms with E-state index in [0.717, 1.165) is 44.3 Å². The van der Waals surface area contributed by atoms with E-state index in [1.54, 1.807) is 60.9 Å². The predicted molar refractivity (Wildman–Crippen MR) is 208 cm³/mol. The number of pyridine rings is 2. The van der Waals surface area contributed by atoms with E-state index in [1.807, 2.05) is 97.1 Å². The Balaban J connectivity index is 0.000000188. The van der Waals surface area contributed by atoms with Crippen LogP contribution in [-0.2, 0) is 32.9 Å². The summed E-state index contributed by atoms with van der Waals surface area (Å²) in [5.74, 6) is 0. The van der Waals surface area contributed by atoms with Gasteiger partial charge in [-0.25, -0.2) is 0 Å². The number of aromatic nitrogens is 2. The molecule has 0 aliphatic heterocycles. The van der Waals surface area contributed by atoms with Gasteiger partial charge in [-0.15, -0.1) is 54.1 Å². The number of hydrogen-bond acceptors (Lipinski definition) is 3. The molecule has 9 aromatic rings. The second kappa shape index (κ2) is 16.4. The van der Waals surface area contributed by atoms with Crippen molar-refractivity contribution >= 4 is 21.9 Å². The molecular formula is C48H34IrN2O-2. The Morgan fingerprint density at radius 3 is 1.77 bits per heavy atom. The summed E-state index contributed by atoms with van der Waals surface area (Å²) in [5, 5.41) is 2.02. The van der Waals surface area contributed by atoms with Gasteiger partial charge in [-0.1, -0.05) is 120 Å². The van der Waals surface area contributed by atoms with Gasteiger partial charge in [0.1, 0.15) is 5.58 Å². The number of benzene rings is 6. The molecule has 4 heteroatoms. The van der Waals surface area contributed by atoms with Crippen LogP contribution in [0.3, 0.4) is 0 Å². The van der Waals surface area contributed by atoms with E-state index in [-0.39, 0.29) is 20.1 Å². The van der Waals surface area contributed by atoms with Gasteiger partial charge in [-0.05, 0) is 81.8 Å². The monoisotopic (exact) mass is 851 g/mol. The number of furan rings is 1. The first kappa shape index (κ1) is 29.8. The summed E-state index contributed by atoms with van der Waals surface area (Å²) in [5.41, 5.74) is 9.10. The van der Waals surface area contributed by atoms with Gasteiger partial charge >= 0.3 is 0 Å². The normalized spacial score (nSPS) is 12.4. The van der Waals surface area contributed by atoms with Gasteiger partial charge < -0.3 is 14.4 Å². The van der Waals surface area contributed by atoms with Crippen molar-refractivity contribution in [3.8, 4) is 33.6 Å². The summed E-state index contributed by atoms with van der Waals surface area (Å²) >= 11 is 0. The average molecular weight is 851 g/mol. The molecule has 0 amide bonds. The summed E-state index contributed by atoms with van der Waals surface area (Å²) in [4.78, 5) is 8.86. The van der Waals surface area contributed by atoms with Crippen molar-refractivity contribution in [3.05, 3.63) is 217 Å². The summed E-state index contributed by atoms with van der Waals surface area (Å²) in [6.07, 6.45) is 0.0968. The molecule has 0 atom stereocenters. The first-order chi connectivity index (χ1) is 26.8. The van der Waals surface area contributed by atoms with E-state index < -0.39 is 12.7 Å². The Morgan fingerprint density at radius 1 is 0.500 bits per heavy atom. The molecule has 0 N–H and O–H groups in total. The van der Waals surface area contributed by atoms with E-state index in [4.69, 9.17) is 9.90 Å². The Kier molecular flexibility index (Phi) is 9.38. The average Bonchev–Trinajstić information content (AvgIpc) is 3.63. The summed E-state index contributed by atoms with van der Waals surface area (Å²) < 4.78 is 40.5. The van der Waals surface area contributed by atoms with E-state index in [9.17, 15) is 0 Å². The van der Waals surface area contributed by atoms with Crippen molar-refractivity contribution in [3.63, 3.8) is 0 Å². The molecule has 0 saturated carbocycles. The van der Waals surface area contributed by atoms with Gasteiger partial charge in [0.15, 0.2) is 0 Å². The zero-order valence-corrected chi connectivity index (χ0v) is 30.4. The second-order valence-corrected chi connectivity index (χ2v) is 11.9. The molecule has 6 aromatic carbocycles. The Bertz CT molecular complexity index is 2710. The third-order valence-electron chi connectivity index (χ3n) is 8.42. The molecule has 3 nitrogen and oxygen atoms in total. The number of hydrogen-bond donors (Lipinski definition) is 0. The van der Waals surface area contributed by atoms with Gasteiger partial charge in [-0.2, -0.15) is 0 Å². The van der Waals surface area contributed by atoms with Crippen molar-refractivity contribution in [2.75, 3.05) is 0 Å².